The fourth-order valence-corrected chi connectivity index (χ4v) is 6.16. The molecule has 2 amide bonds. The molecule has 0 radical (unpaired) electrons. The number of amides is 2. The van der Waals surface area contributed by atoms with Gasteiger partial charge in [-0.3, -0.25) is 14.4 Å². The third-order valence-electron chi connectivity index (χ3n) is 7.72. The van der Waals surface area contributed by atoms with Gasteiger partial charge in [-0.2, -0.15) is 0 Å². The van der Waals surface area contributed by atoms with Crippen molar-refractivity contribution >= 4 is 51.7 Å². The average molecular weight is 759 g/mol. The summed E-state index contributed by atoms with van der Waals surface area (Å²) in [6.45, 7) is -0.400. The normalized spacial score (nSPS) is 17.5. The van der Waals surface area contributed by atoms with E-state index < -0.39 is 35.9 Å². The molecule has 0 saturated heterocycles. The molecule has 246 valence electrons. The maximum Gasteiger partial charge on any atom is 0.290 e. The van der Waals surface area contributed by atoms with E-state index in [0.717, 1.165) is 0 Å². The van der Waals surface area contributed by atoms with Crippen molar-refractivity contribution in [2.75, 3.05) is 27.4 Å². The molecule has 4 aromatic rings. The summed E-state index contributed by atoms with van der Waals surface area (Å²) in [5.74, 6) is -0.762. The Kier molecular flexibility index (Phi) is 10.8. The minimum absolute atomic E-state index is 0.0210. The number of carbonyl (C=O) groups is 3. The smallest absolute Gasteiger partial charge is 0.290 e. The number of ether oxygens (including phenoxy) is 3. The number of hydrogen-bond acceptors (Lipinski definition) is 9. The fraction of sp³-hybridized carbons (Fsp3) is 0.265. The second-order valence-electron chi connectivity index (χ2n) is 10.7. The Morgan fingerprint density at radius 2 is 1.85 bits per heavy atom. The molecule has 5 rings (SSSR count). The van der Waals surface area contributed by atoms with E-state index in [-0.39, 0.29) is 48.9 Å². The SMILES string of the molecule is COc1cc(C=O)cc(I)c1O[C@H]1C=C(C(=O)NCCO)C[C@@H](N(Cc2ccc(F)cc2)C(=O)c2cc3cccc(OC)c3o2)[C@@H]1O. The van der Waals surface area contributed by atoms with E-state index in [2.05, 4.69) is 5.32 Å². The number of fused-ring (bicyclic) bond motifs is 1. The van der Waals surface area contributed by atoms with Crippen LogP contribution in [0.1, 0.15) is 32.9 Å². The lowest BCUT2D eigenvalue weighted by Gasteiger charge is -2.40. The van der Waals surface area contributed by atoms with Crippen LogP contribution in [0, 0.1) is 9.39 Å². The molecule has 1 aliphatic carbocycles. The van der Waals surface area contributed by atoms with Crippen molar-refractivity contribution in [2.45, 2.75) is 31.2 Å². The molecule has 0 aliphatic heterocycles. The molecule has 47 heavy (non-hydrogen) atoms. The van der Waals surface area contributed by atoms with E-state index in [1.165, 1.54) is 55.5 Å². The number of carbonyl (C=O) groups excluding carboxylic acids is 3. The van der Waals surface area contributed by atoms with Crippen molar-refractivity contribution in [3.8, 4) is 17.2 Å². The Morgan fingerprint density at radius 1 is 1.11 bits per heavy atom. The van der Waals surface area contributed by atoms with Crippen LogP contribution in [0.25, 0.3) is 11.0 Å². The van der Waals surface area contributed by atoms with Crippen LogP contribution in [-0.4, -0.2) is 78.8 Å². The van der Waals surface area contributed by atoms with Crippen LogP contribution in [-0.2, 0) is 11.3 Å². The topological polar surface area (TPSA) is 148 Å². The molecule has 3 aromatic carbocycles. The maximum atomic E-state index is 14.3. The number of para-hydroxylation sites is 1. The molecule has 1 aliphatic rings. The van der Waals surface area contributed by atoms with Gasteiger partial charge in [0.15, 0.2) is 28.6 Å². The molecular weight excluding hydrogens is 726 g/mol. The zero-order valence-electron chi connectivity index (χ0n) is 25.4. The predicted octanol–water partition coefficient (Wildman–Crippen LogP) is 4.26. The van der Waals surface area contributed by atoms with Gasteiger partial charge < -0.3 is 39.1 Å². The maximum absolute atomic E-state index is 14.3. The van der Waals surface area contributed by atoms with Gasteiger partial charge in [0.2, 0.25) is 5.91 Å². The van der Waals surface area contributed by atoms with Crippen LogP contribution in [0.2, 0.25) is 0 Å². The standard InChI is InChI=1S/C34H32FIN2O9/c1-44-26-5-3-4-21-15-29(47-31(21)26)34(43)38(17-19-6-8-23(35)9-7-19)25-14-22(33(42)37-10-11-39)16-27(30(25)41)46-32-24(36)12-20(18-40)13-28(32)45-2/h3-9,12-13,15-16,18,25,27,30,39,41H,10-11,14,17H2,1-2H3,(H,37,42)/t25-,27+,30+/m1/s1. The second-order valence-corrected chi connectivity index (χ2v) is 11.9. The summed E-state index contributed by atoms with van der Waals surface area (Å²) in [5.41, 5.74) is 1.45. The largest absolute Gasteiger partial charge is 0.493 e. The van der Waals surface area contributed by atoms with Crippen LogP contribution in [0.3, 0.4) is 0 Å². The molecule has 1 aromatic heterocycles. The summed E-state index contributed by atoms with van der Waals surface area (Å²) in [4.78, 5) is 40.4. The highest BCUT2D eigenvalue weighted by atomic mass is 127. The molecule has 0 fully saturated rings. The van der Waals surface area contributed by atoms with Gasteiger partial charge in [0.25, 0.3) is 5.91 Å². The first-order valence-corrected chi connectivity index (χ1v) is 15.6. The van der Waals surface area contributed by atoms with Crippen molar-refractivity contribution in [2.24, 2.45) is 0 Å². The number of aliphatic hydroxyl groups is 2. The summed E-state index contributed by atoms with van der Waals surface area (Å²) in [7, 11) is 2.89. The van der Waals surface area contributed by atoms with Crippen molar-refractivity contribution in [3.63, 3.8) is 0 Å². The number of nitrogens with zero attached hydrogens (tertiary/aromatic N) is 1. The number of rotatable bonds is 12. The summed E-state index contributed by atoms with van der Waals surface area (Å²) in [5, 5.41) is 24.4. The minimum Gasteiger partial charge on any atom is -0.493 e. The van der Waals surface area contributed by atoms with Gasteiger partial charge in [0, 0.05) is 36.0 Å². The average Bonchev–Trinajstić information content (AvgIpc) is 3.53. The molecule has 1 heterocycles. The first-order chi connectivity index (χ1) is 22.7. The Morgan fingerprint density at radius 3 is 2.53 bits per heavy atom. The van der Waals surface area contributed by atoms with Crippen molar-refractivity contribution < 1.29 is 47.6 Å². The van der Waals surface area contributed by atoms with Gasteiger partial charge in [0.05, 0.1) is 30.4 Å². The van der Waals surface area contributed by atoms with Crippen LogP contribution in [0.4, 0.5) is 4.39 Å². The van der Waals surface area contributed by atoms with Crippen molar-refractivity contribution in [1.82, 2.24) is 10.2 Å². The van der Waals surface area contributed by atoms with Gasteiger partial charge in [-0.1, -0.05) is 24.3 Å². The van der Waals surface area contributed by atoms with Crippen LogP contribution >= 0.6 is 22.6 Å². The highest BCUT2D eigenvalue weighted by Crippen LogP contribution is 2.38. The Bertz CT molecular complexity index is 1810. The molecule has 11 nitrogen and oxygen atoms in total. The third kappa shape index (κ3) is 7.42. The number of benzene rings is 3. The monoisotopic (exact) mass is 758 g/mol. The molecular formula is C34H32FIN2O9. The number of methoxy groups -OCH3 is 2. The van der Waals surface area contributed by atoms with Gasteiger partial charge in [-0.25, -0.2) is 4.39 Å². The Labute approximate surface area is 283 Å². The first kappa shape index (κ1) is 33.9. The molecule has 13 heteroatoms. The van der Waals surface area contributed by atoms with E-state index >= 15 is 0 Å². The van der Waals surface area contributed by atoms with Crippen LogP contribution < -0.4 is 19.5 Å². The summed E-state index contributed by atoms with van der Waals surface area (Å²) in [6.07, 6.45) is -0.529. The molecule has 0 saturated carbocycles. The van der Waals surface area contributed by atoms with E-state index in [1.807, 2.05) is 22.6 Å². The first-order valence-electron chi connectivity index (χ1n) is 14.6. The zero-order chi connectivity index (χ0) is 33.7. The molecule has 3 atom stereocenters. The molecule has 0 spiro atoms. The zero-order valence-corrected chi connectivity index (χ0v) is 27.6. The highest BCUT2D eigenvalue weighted by molar-refractivity contribution is 14.1. The molecule has 0 bridgehead atoms. The van der Waals surface area contributed by atoms with E-state index in [9.17, 15) is 29.0 Å². The van der Waals surface area contributed by atoms with Crippen LogP contribution in [0.5, 0.6) is 17.2 Å². The van der Waals surface area contributed by atoms with Gasteiger partial charge in [-0.05, 0) is 70.6 Å². The predicted molar refractivity (Wildman–Crippen MR) is 177 cm³/mol. The van der Waals surface area contributed by atoms with Gasteiger partial charge >= 0.3 is 0 Å². The van der Waals surface area contributed by atoms with E-state index in [4.69, 9.17) is 18.6 Å². The van der Waals surface area contributed by atoms with Crippen molar-refractivity contribution in [1.29, 1.82) is 0 Å². The van der Waals surface area contributed by atoms with Crippen molar-refractivity contribution in [3.05, 3.63) is 98.6 Å². The number of halogens is 2. The number of nitrogens with one attached hydrogen (secondary N) is 1. The second kappa shape index (κ2) is 15.0. The van der Waals surface area contributed by atoms with E-state index in [1.54, 1.807) is 30.3 Å². The number of hydrogen-bond donors (Lipinski definition) is 3. The van der Waals surface area contributed by atoms with Crippen LogP contribution in [0.15, 0.2) is 76.7 Å². The summed E-state index contributed by atoms with van der Waals surface area (Å²) >= 11 is 1.97. The fourth-order valence-electron chi connectivity index (χ4n) is 5.41. The summed E-state index contributed by atoms with van der Waals surface area (Å²) < 4.78 is 37.5. The minimum atomic E-state index is -1.39. The molecule has 3 N–H and O–H groups in total. The number of furan rings is 1. The Balaban J connectivity index is 1.59. The Hall–Kier alpha value is -4.47. The summed E-state index contributed by atoms with van der Waals surface area (Å²) in [6, 6.07) is 14.4. The quantitative estimate of drug-likeness (QED) is 0.143. The lowest BCUT2D eigenvalue weighted by atomic mass is 9.87. The lowest BCUT2D eigenvalue weighted by molar-refractivity contribution is -0.118. The third-order valence-corrected chi connectivity index (χ3v) is 8.52. The van der Waals surface area contributed by atoms with Gasteiger partial charge in [-0.15, -0.1) is 0 Å². The van der Waals surface area contributed by atoms with Gasteiger partial charge in [0.1, 0.15) is 24.3 Å². The number of aldehydes is 1. The lowest BCUT2D eigenvalue weighted by Crippen LogP contribution is -2.54. The number of aliphatic hydroxyl groups excluding tert-OH is 2. The van der Waals surface area contributed by atoms with E-state index in [0.29, 0.717) is 37.7 Å². The molecule has 0 unspecified atom stereocenters. The highest BCUT2D eigenvalue weighted by Gasteiger charge is 2.42.